The van der Waals surface area contributed by atoms with Crippen LogP contribution in [0.1, 0.15) is 76.2 Å². The highest BCUT2D eigenvalue weighted by Gasteiger charge is 2.31. The monoisotopic (exact) mass is 438 g/mol. The molecule has 6 heteroatoms. The molecule has 2 aliphatic carbocycles. The van der Waals surface area contributed by atoms with Gasteiger partial charge in [0.15, 0.2) is 0 Å². The van der Waals surface area contributed by atoms with Crippen molar-refractivity contribution in [3.63, 3.8) is 0 Å². The zero-order valence-corrected chi connectivity index (χ0v) is 18.6. The molecule has 0 spiro atoms. The molecule has 0 radical (unpaired) electrons. The highest BCUT2D eigenvalue weighted by Crippen LogP contribution is 2.27. The van der Waals surface area contributed by atoms with Gasteiger partial charge in [-0.15, -0.1) is 0 Å². The summed E-state index contributed by atoms with van der Waals surface area (Å²) in [6.07, 6.45) is 4.41. The standard InChI is InChI=1S/C23H21ClN2O3.C2H6/c24-19-20(22(28)18-8-4-3-7-17(18)21(19)27)25-13-14-9-11-15(12-10-14)23(29)26-16-5-1-2-6-16;1-2/h3-4,7-12,16,25H,1-2,5-6,13H2,(H,26,29);1-2H3. The lowest BCUT2D eigenvalue weighted by Crippen LogP contribution is -2.32. The molecule has 0 bridgehead atoms. The Morgan fingerprint density at radius 1 is 0.935 bits per heavy atom. The average Bonchev–Trinajstić information content (AvgIpc) is 3.32. The fourth-order valence-electron chi connectivity index (χ4n) is 3.81. The van der Waals surface area contributed by atoms with Crippen LogP contribution in [-0.4, -0.2) is 23.5 Å². The van der Waals surface area contributed by atoms with Gasteiger partial charge in [-0.25, -0.2) is 0 Å². The van der Waals surface area contributed by atoms with Crippen molar-refractivity contribution >= 4 is 29.1 Å². The summed E-state index contributed by atoms with van der Waals surface area (Å²) in [6.45, 7) is 4.32. The van der Waals surface area contributed by atoms with E-state index in [1.165, 1.54) is 12.8 Å². The molecular formula is C25H27ClN2O3. The molecule has 0 heterocycles. The Balaban J connectivity index is 0.00000132. The molecule has 0 atom stereocenters. The van der Waals surface area contributed by atoms with Crippen molar-refractivity contribution in [3.8, 4) is 0 Å². The molecule has 31 heavy (non-hydrogen) atoms. The first-order valence-corrected chi connectivity index (χ1v) is 11.1. The van der Waals surface area contributed by atoms with Crippen molar-refractivity contribution in [2.45, 2.75) is 52.1 Å². The molecular weight excluding hydrogens is 412 g/mol. The third-order valence-electron chi connectivity index (χ3n) is 5.44. The van der Waals surface area contributed by atoms with Crippen LogP contribution in [0.2, 0.25) is 0 Å². The van der Waals surface area contributed by atoms with E-state index < -0.39 is 0 Å². The molecule has 2 N–H and O–H groups in total. The van der Waals surface area contributed by atoms with Crippen LogP contribution in [0.15, 0.2) is 59.3 Å². The molecule has 1 amide bonds. The summed E-state index contributed by atoms with van der Waals surface area (Å²) in [6, 6.07) is 14.1. The molecule has 0 saturated heterocycles. The Hall–Kier alpha value is -2.92. The van der Waals surface area contributed by atoms with Gasteiger partial charge in [0.2, 0.25) is 11.6 Å². The largest absolute Gasteiger partial charge is 0.376 e. The summed E-state index contributed by atoms with van der Waals surface area (Å²) in [7, 11) is 0. The third kappa shape index (κ3) is 5.05. The molecule has 2 aromatic rings. The Morgan fingerprint density at radius 2 is 1.52 bits per heavy atom. The van der Waals surface area contributed by atoms with Crippen molar-refractivity contribution < 1.29 is 14.4 Å². The van der Waals surface area contributed by atoms with E-state index in [1.807, 2.05) is 26.0 Å². The van der Waals surface area contributed by atoms with Crippen LogP contribution >= 0.6 is 11.6 Å². The second-order valence-corrected chi connectivity index (χ2v) is 7.78. The van der Waals surface area contributed by atoms with Crippen LogP contribution in [-0.2, 0) is 6.54 Å². The number of Topliss-reactive ketones (excluding diaryl/α,β-unsaturated/α-hetero) is 2. The normalized spacial score (nSPS) is 15.8. The maximum Gasteiger partial charge on any atom is 0.251 e. The van der Waals surface area contributed by atoms with E-state index >= 15 is 0 Å². The number of allylic oxidation sites excluding steroid dienone is 2. The zero-order chi connectivity index (χ0) is 22.4. The molecule has 162 valence electrons. The summed E-state index contributed by atoms with van der Waals surface area (Å²) in [5.74, 6) is -0.715. The quantitative estimate of drug-likeness (QED) is 0.688. The van der Waals surface area contributed by atoms with Crippen LogP contribution in [0.5, 0.6) is 0 Å². The number of nitrogens with one attached hydrogen (secondary N) is 2. The van der Waals surface area contributed by atoms with E-state index in [9.17, 15) is 14.4 Å². The highest BCUT2D eigenvalue weighted by atomic mass is 35.5. The second-order valence-electron chi connectivity index (χ2n) is 7.40. The zero-order valence-electron chi connectivity index (χ0n) is 17.8. The molecule has 0 aromatic heterocycles. The van der Waals surface area contributed by atoms with Crippen LogP contribution in [0, 0.1) is 0 Å². The molecule has 5 nitrogen and oxygen atoms in total. The fraction of sp³-hybridized carbons (Fsp3) is 0.320. The fourth-order valence-corrected chi connectivity index (χ4v) is 4.06. The Bertz CT molecular complexity index is 1010. The van der Waals surface area contributed by atoms with Gasteiger partial charge in [-0.2, -0.15) is 0 Å². The van der Waals surface area contributed by atoms with Gasteiger partial charge in [0.05, 0.1) is 0 Å². The molecule has 1 fully saturated rings. The topological polar surface area (TPSA) is 75.3 Å². The Kier molecular flexibility index (Phi) is 7.64. The van der Waals surface area contributed by atoms with Gasteiger partial charge in [-0.3, -0.25) is 14.4 Å². The number of hydrogen-bond acceptors (Lipinski definition) is 4. The van der Waals surface area contributed by atoms with Gasteiger partial charge in [0.1, 0.15) is 10.7 Å². The summed E-state index contributed by atoms with van der Waals surface area (Å²) in [5, 5.41) is 5.96. The molecule has 0 unspecified atom stereocenters. The van der Waals surface area contributed by atoms with Gasteiger partial charge >= 0.3 is 0 Å². The number of carbonyl (C=O) groups excluding carboxylic acids is 3. The van der Waals surface area contributed by atoms with E-state index in [4.69, 9.17) is 11.6 Å². The first kappa shape index (κ1) is 22.8. The van der Waals surface area contributed by atoms with Crippen LogP contribution in [0.3, 0.4) is 0 Å². The van der Waals surface area contributed by atoms with Crippen molar-refractivity contribution in [2.75, 3.05) is 0 Å². The van der Waals surface area contributed by atoms with Gasteiger partial charge in [-0.1, -0.05) is 74.7 Å². The minimum Gasteiger partial charge on any atom is -0.376 e. The van der Waals surface area contributed by atoms with Crippen LogP contribution in [0.4, 0.5) is 0 Å². The smallest absolute Gasteiger partial charge is 0.251 e. The third-order valence-corrected chi connectivity index (χ3v) is 5.80. The van der Waals surface area contributed by atoms with Crippen molar-refractivity contribution in [1.29, 1.82) is 0 Å². The lowest BCUT2D eigenvalue weighted by molar-refractivity contribution is 0.0937. The first-order valence-electron chi connectivity index (χ1n) is 10.8. The summed E-state index contributed by atoms with van der Waals surface area (Å²) < 4.78 is 0. The second kappa shape index (κ2) is 10.4. The maximum atomic E-state index is 12.7. The lowest BCUT2D eigenvalue weighted by atomic mass is 9.92. The van der Waals surface area contributed by atoms with Crippen molar-refractivity contribution in [3.05, 3.63) is 81.5 Å². The minimum atomic E-state index is -0.358. The predicted octanol–water partition coefficient (Wildman–Crippen LogP) is 5.00. The summed E-state index contributed by atoms with van der Waals surface area (Å²) >= 11 is 6.16. The van der Waals surface area contributed by atoms with E-state index in [-0.39, 0.29) is 34.2 Å². The molecule has 4 rings (SSSR count). The predicted molar refractivity (Wildman–Crippen MR) is 122 cm³/mol. The van der Waals surface area contributed by atoms with E-state index in [2.05, 4.69) is 10.6 Å². The first-order chi connectivity index (χ1) is 15.0. The Morgan fingerprint density at radius 3 is 2.13 bits per heavy atom. The number of carbonyl (C=O) groups is 3. The maximum absolute atomic E-state index is 12.7. The summed E-state index contributed by atoms with van der Waals surface area (Å²) in [4.78, 5) is 37.4. The Labute approximate surface area is 187 Å². The number of amides is 1. The SMILES string of the molecule is CC.O=C(NC1CCCC1)c1ccc(CNC2=C(Cl)C(=O)c3ccccc3C2=O)cc1. The van der Waals surface area contributed by atoms with Crippen LogP contribution in [0.25, 0.3) is 0 Å². The highest BCUT2D eigenvalue weighted by molar-refractivity contribution is 6.49. The average molecular weight is 439 g/mol. The molecule has 1 saturated carbocycles. The van der Waals surface area contributed by atoms with Gasteiger partial charge in [-0.05, 0) is 30.5 Å². The van der Waals surface area contributed by atoms with E-state index in [0.717, 1.165) is 18.4 Å². The van der Waals surface area contributed by atoms with Crippen LogP contribution < -0.4 is 10.6 Å². The molecule has 0 aliphatic heterocycles. The van der Waals surface area contributed by atoms with E-state index in [1.54, 1.807) is 36.4 Å². The number of rotatable bonds is 5. The van der Waals surface area contributed by atoms with Gasteiger partial charge < -0.3 is 10.6 Å². The van der Waals surface area contributed by atoms with E-state index in [0.29, 0.717) is 23.2 Å². The van der Waals surface area contributed by atoms with Gasteiger partial charge in [0.25, 0.3) is 5.91 Å². The minimum absolute atomic E-state index is 0.0631. The number of benzene rings is 2. The van der Waals surface area contributed by atoms with Crippen molar-refractivity contribution in [1.82, 2.24) is 10.6 Å². The summed E-state index contributed by atoms with van der Waals surface area (Å²) in [5.41, 5.74) is 2.27. The molecule has 2 aromatic carbocycles. The number of halogens is 1. The number of hydrogen-bond donors (Lipinski definition) is 2. The number of ketones is 2. The number of fused-ring (bicyclic) bond motifs is 1. The van der Waals surface area contributed by atoms with Gasteiger partial charge in [0, 0.05) is 29.3 Å². The molecule has 2 aliphatic rings. The lowest BCUT2D eigenvalue weighted by Gasteiger charge is -2.19. The van der Waals surface area contributed by atoms with Crippen molar-refractivity contribution in [2.24, 2.45) is 0 Å².